The molecule has 2 aromatic rings. The minimum atomic E-state index is -0.659. The molecule has 0 saturated carbocycles. The first-order valence-corrected chi connectivity index (χ1v) is 24.0. The molecule has 340 valence electrons. The van der Waals surface area contributed by atoms with E-state index in [2.05, 4.69) is 86.0 Å². The van der Waals surface area contributed by atoms with Crippen molar-refractivity contribution in [3.8, 4) is 0 Å². The SMILES string of the molecule is CC[C@@H](C)C(=O)N[C@H]1CCCC[C@H](CC(=O)[C@H](C)NC)C(=O)N2CC[C@H]3C(CN(CCc4ccccc4)C[C@H]32)OCCOC2CN(CCc3ccccc3)C[C@@H]3[C@H]2CCN3C1=O. The Labute approximate surface area is 370 Å². The predicted molar refractivity (Wildman–Crippen MR) is 241 cm³/mol. The van der Waals surface area contributed by atoms with Crippen molar-refractivity contribution in [3.05, 3.63) is 71.8 Å². The van der Waals surface area contributed by atoms with E-state index in [0.29, 0.717) is 58.4 Å². The smallest absolute Gasteiger partial charge is 0.245 e. The summed E-state index contributed by atoms with van der Waals surface area (Å²) in [5.74, 6) is -0.290. The zero-order valence-corrected chi connectivity index (χ0v) is 37.9. The average molecular weight is 855 g/mol. The summed E-state index contributed by atoms with van der Waals surface area (Å²) in [6, 6.07) is 20.1. The van der Waals surface area contributed by atoms with Gasteiger partial charge in [-0.2, -0.15) is 0 Å². The summed E-state index contributed by atoms with van der Waals surface area (Å²) in [5, 5.41) is 6.26. The average Bonchev–Trinajstić information content (AvgIpc) is 3.94. The minimum absolute atomic E-state index is 0.00220. The van der Waals surface area contributed by atoms with E-state index in [-0.39, 0.29) is 78.0 Å². The van der Waals surface area contributed by atoms with Gasteiger partial charge in [-0.25, -0.2) is 0 Å². The number of Topliss-reactive ketones (excluding diaryl/α,β-unsaturated/α-hetero) is 1. The van der Waals surface area contributed by atoms with Gasteiger partial charge >= 0.3 is 0 Å². The quantitative estimate of drug-likeness (QED) is 0.298. The number of piperidine rings is 2. The van der Waals surface area contributed by atoms with Crippen LogP contribution in [0, 0.1) is 23.7 Å². The highest BCUT2D eigenvalue weighted by Crippen LogP contribution is 2.37. The first-order valence-electron chi connectivity index (χ1n) is 24.0. The molecule has 0 spiro atoms. The Morgan fingerprint density at radius 1 is 0.710 bits per heavy atom. The normalized spacial score (nSPS) is 30.2. The molecule has 10 atom stereocenters. The number of nitrogens with zero attached hydrogens (tertiary/aromatic N) is 4. The molecule has 5 aliphatic heterocycles. The lowest BCUT2D eigenvalue weighted by Crippen LogP contribution is -2.59. The van der Waals surface area contributed by atoms with Crippen molar-refractivity contribution in [1.82, 2.24) is 30.2 Å². The fourth-order valence-corrected chi connectivity index (χ4v) is 10.9. The van der Waals surface area contributed by atoms with E-state index in [1.165, 1.54) is 11.1 Å². The maximum atomic E-state index is 14.8. The van der Waals surface area contributed by atoms with Gasteiger partial charge in [0.05, 0.1) is 31.5 Å². The first kappa shape index (κ1) is 46.3. The van der Waals surface area contributed by atoms with Gasteiger partial charge in [-0.05, 0) is 70.0 Å². The monoisotopic (exact) mass is 855 g/mol. The topological polar surface area (TPSA) is 124 Å². The summed E-state index contributed by atoms with van der Waals surface area (Å²) in [4.78, 5) is 65.6. The molecule has 5 heterocycles. The van der Waals surface area contributed by atoms with Crippen LogP contribution >= 0.6 is 0 Å². The zero-order chi connectivity index (χ0) is 43.6. The maximum Gasteiger partial charge on any atom is 0.245 e. The Hall–Kier alpha value is -3.68. The summed E-state index contributed by atoms with van der Waals surface area (Å²) in [5.41, 5.74) is 2.59. The van der Waals surface area contributed by atoms with Crippen molar-refractivity contribution in [2.75, 3.05) is 72.6 Å². The third-order valence-electron chi connectivity index (χ3n) is 15.0. The highest BCUT2D eigenvalue weighted by atomic mass is 16.5. The molecule has 2 N–H and O–H groups in total. The Balaban J connectivity index is 1.15. The second-order valence-electron chi connectivity index (χ2n) is 18.9. The molecular weight excluding hydrogens is 781 g/mol. The lowest BCUT2D eigenvalue weighted by Gasteiger charge is -2.44. The van der Waals surface area contributed by atoms with Gasteiger partial charge in [0, 0.05) is 94.5 Å². The van der Waals surface area contributed by atoms with Gasteiger partial charge in [-0.15, -0.1) is 0 Å². The summed E-state index contributed by atoms with van der Waals surface area (Å²) >= 11 is 0. The van der Waals surface area contributed by atoms with Crippen LogP contribution in [-0.4, -0.2) is 152 Å². The molecule has 12 heteroatoms. The van der Waals surface area contributed by atoms with Gasteiger partial charge in [0.1, 0.15) is 11.8 Å². The molecule has 3 amide bonds. The second-order valence-corrected chi connectivity index (χ2v) is 18.9. The molecule has 5 fully saturated rings. The number of benzene rings is 2. The molecule has 12 nitrogen and oxygen atoms in total. The molecule has 5 aliphatic rings. The number of amides is 3. The molecule has 62 heavy (non-hydrogen) atoms. The summed E-state index contributed by atoms with van der Waals surface area (Å²) in [6.45, 7) is 12.9. The standard InChI is InChI=1S/C50H74N6O6/c1-5-35(2)48(58)52-42-19-13-12-18-39(30-45(57)36(3)51-4)49(59)55-26-22-40-43(55)31-53(24-20-37-14-8-6-9-15-37)33-46(40)61-28-29-62-47-34-54(25-21-38-16-10-7-11-17-38)32-44-41(47)23-27-56(44)50(42)60/h6-11,14-17,35-36,39-44,46-47,51H,5,12-13,18-34H2,1-4H3,(H,52,58)/t35-,36+,39-,40-,41-,42+,43-,44-,46?,47?/m1/s1. The van der Waals surface area contributed by atoms with Crippen LogP contribution < -0.4 is 10.6 Å². The fourth-order valence-electron chi connectivity index (χ4n) is 10.9. The Bertz CT molecular complexity index is 1640. The van der Waals surface area contributed by atoms with Crippen LogP contribution in [0.5, 0.6) is 0 Å². The first-order chi connectivity index (χ1) is 30.1. The maximum absolute atomic E-state index is 14.8. The molecular formula is C50H74N6O6. The molecule has 2 unspecified atom stereocenters. The van der Waals surface area contributed by atoms with E-state index in [0.717, 1.165) is 65.0 Å². The van der Waals surface area contributed by atoms with Crippen LogP contribution in [0.2, 0.25) is 0 Å². The third-order valence-corrected chi connectivity index (χ3v) is 15.0. The Kier molecular flexibility index (Phi) is 16.6. The predicted octanol–water partition coefficient (Wildman–Crippen LogP) is 4.60. The van der Waals surface area contributed by atoms with Crippen LogP contribution in [0.15, 0.2) is 60.7 Å². The number of nitrogens with one attached hydrogen (secondary N) is 2. The number of ether oxygens (including phenoxy) is 2. The number of likely N-dealkylation sites (tertiary alicyclic amines) is 2. The number of hydrogen-bond acceptors (Lipinski definition) is 9. The van der Waals surface area contributed by atoms with Crippen LogP contribution in [0.3, 0.4) is 0 Å². The van der Waals surface area contributed by atoms with Gasteiger partial charge < -0.3 is 29.9 Å². The van der Waals surface area contributed by atoms with Crippen LogP contribution in [0.4, 0.5) is 0 Å². The lowest BCUT2D eigenvalue weighted by molar-refractivity contribution is -0.144. The summed E-state index contributed by atoms with van der Waals surface area (Å²) < 4.78 is 13.7. The van der Waals surface area contributed by atoms with Crippen molar-refractivity contribution in [3.63, 3.8) is 0 Å². The van der Waals surface area contributed by atoms with Gasteiger partial charge in [0.25, 0.3) is 0 Å². The Morgan fingerprint density at radius 2 is 1.23 bits per heavy atom. The van der Waals surface area contributed by atoms with Crippen molar-refractivity contribution in [1.29, 1.82) is 0 Å². The molecule has 5 saturated heterocycles. The second kappa shape index (κ2) is 22.3. The number of ketones is 1. The number of carbonyl (C=O) groups excluding carboxylic acids is 4. The van der Waals surface area contributed by atoms with E-state index in [1.807, 2.05) is 25.7 Å². The highest BCUT2D eigenvalue weighted by molar-refractivity contribution is 5.90. The molecule has 0 radical (unpaired) electrons. The molecule has 0 aliphatic carbocycles. The van der Waals surface area contributed by atoms with Gasteiger partial charge in [-0.1, -0.05) is 87.4 Å². The Morgan fingerprint density at radius 3 is 1.74 bits per heavy atom. The van der Waals surface area contributed by atoms with Gasteiger partial charge in [0.15, 0.2) is 0 Å². The van der Waals surface area contributed by atoms with Crippen molar-refractivity contribution < 1.29 is 28.7 Å². The van der Waals surface area contributed by atoms with Crippen molar-refractivity contribution >= 4 is 23.5 Å². The highest BCUT2D eigenvalue weighted by Gasteiger charge is 2.49. The van der Waals surface area contributed by atoms with E-state index >= 15 is 0 Å². The lowest BCUT2D eigenvalue weighted by atomic mass is 9.87. The van der Waals surface area contributed by atoms with Crippen LogP contribution in [0.1, 0.15) is 83.3 Å². The number of hydrogen-bond donors (Lipinski definition) is 2. The van der Waals surface area contributed by atoms with Crippen molar-refractivity contribution in [2.45, 2.75) is 121 Å². The van der Waals surface area contributed by atoms with E-state index in [1.54, 1.807) is 7.05 Å². The van der Waals surface area contributed by atoms with Crippen LogP contribution in [0.25, 0.3) is 0 Å². The van der Waals surface area contributed by atoms with Gasteiger partial charge in [-0.3, -0.25) is 29.0 Å². The molecule has 0 aromatic heterocycles. The zero-order valence-electron chi connectivity index (χ0n) is 37.9. The van der Waals surface area contributed by atoms with E-state index < -0.39 is 12.0 Å². The molecule has 2 aromatic carbocycles. The minimum Gasteiger partial charge on any atom is -0.374 e. The summed E-state index contributed by atoms with van der Waals surface area (Å²) in [7, 11) is 1.78. The summed E-state index contributed by atoms with van der Waals surface area (Å²) in [6.07, 6.45) is 6.72. The number of rotatable bonds is 13. The molecule has 8 bridgehead atoms. The number of likely N-dealkylation sites (N-methyl/N-ethyl adjacent to an activating group) is 1. The van der Waals surface area contributed by atoms with Crippen molar-refractivity contribution in [2.24, 2.45) is 23.7 Å². The van der Waals surface area contributed by atoms with Crippen LogP contribution in [-0.2, 0) is 41.5 Å². The third kappa shape index (κ3) is 11.5. The van der Waals surface area contributed by atoms with E-state index in [9.17, 15) is 19.2 Å². The molecule has 7 rings (SSSR count). The fraction of sp³-hybridized carbons (Fsp3) is 0.680. The number of carbonyl (C=O) groups is 4. The van der Waals surface area contributed by atoms with Gasteiger partial charge in [0.2, 0.25) is 17.7 Å². The van der Waals surface area contributed by atoms with E-state index in [4.69, 9.17) is 9.47 Å². The largest absolute Gasteiger partial charge is 0.374 e.